The molecule has 2 fully saturated rings. The lowest BCUT2D eigenvalue weighted by Gasteiger charge is -2.25. The molecular formula is C12H15N. The van der Waals surface area contributed by atoms with Crippen molar-refractivity contribution in [1.29, 1.82) is 0 Å². The molecule has 0 spiro atoms. The van der Waals surface area contributed by atoms with Crippen molar-refractivity contribution >= 4 is 0 Å². The summed E-state index contributed by atoms with van der Waals surface area (Å²) < 4.78 is 0. The van der Waals surface area contributed by atoms with Crippen LogP contribution in [0.15, 0.2) is 18.5 Å². The van der Waals surface area contributed by atoms with Crippen molar-refractivity contribution in [2.24, 2.45) is 0 Å². The van der Waals surface area contributed by atoms with Gasteiger partial charge in [0.05, 0.1) is 0 Å². The summed E-state index contributed by atoms with van der Waals surface area (Å²) in [6.45, 7) is 0. The fourth-order valence-corrected chi connectivity index (χ4v) is 2.08. The Labute approximate surface area is 79.2 Å². The van der Waals surface area contributed by atoms with Crippen LogP contribution in [0.2, 0.25) is 0 Å². The first-order valence-electron chi connectivity index (χ1n) is 5.38. The average molecular weight is 173 g/mol. The van der Waals surface area contributed by atoms with E-state index in [9.17, 15) is 0 Å². The second-order valence-electron chi connectivity index (χ2n) is 4.45. The smallest absolute Gasteiger partial charge is 0.0302 e. The first kappa shape index (κ1) is 7.54. The molecule has 1 aromatic rings. The molecule has 0 atom stereocenters. The molecule has 0 unspecified atom stereocenters. The minimum Gasteiger partial charge on any atom is -0.264 e. The monoisotopic (exact) mass is 173 g/mol. The molecule has 0 amide bonds. The van der Waals surface area contributed by atoms with Gasteiger partial charge in [0.2, 0.25) is 0 Å². The normalized spacial score (nSPS) is 22.8. The fraction of sp³-hybridized carbons (Fsp3) is 0.583. The molecule has 68 valence electrons. The van der Waals surface area contributed by atoms with Crippen molar-refractivity contribution in [1.82, 2.24) is 4.98 Å². The Kier molecular flexibility index (Phi) is 1.64. The lowest BCUT2D eigenvalue weighted by Crippen LogP contribution is -2.09. The molecule has 0 aromatic carbocycles. The summed E-state index contributed by atoms with van der Waals surface area (Å²) in [6.07, 6.45) is 11.1. The van der Waals surface area contributed by atoms with Gasteiger partial charge in [0.15, 0.2) is 0 Å². The Balaban J connectivity index is 1.87. The van der Waals surface area contributed by atoms with E-state index in [-0.39, 0.29) is 0 Å². The van der Waals surface area contributed by atoms with E-state index in [1.54, 1.807) is 0 Å². The first-order chi connectivity index (χ1) is 6.43. The van der Waals surface area contributed by atoms with E-state index in [0.29, 0.717) is 0 Å². The number of aromatic nitrogens is 1. The van der Waals surface area contributed by atoms with Crippen LogP contribution in [-0.2, 0) is 0 Å². The highest BCUT2D eigenvalue weighted by atomic mass is 14.6. The topological polar surface area (TPSA) is 12.9 Å². The van der Waals surface area contributed by atoms with Gasteiger partial charge in [-0.1, -0.05) is 12.5 Å². The van der Waals surface area contributed by atoms with Gasteiger partial charge in [-0.05, 0) is 48.6 Å². The highest BCUT2D eigenvalue weighted by Crippen LogP contribution is 2.42. The number of rotatable bonds is 2. The van der Waals surface area contributed by atoms with E-state index in [1.807, 2.05) is 0 Å². The molecule has 2 aliphatic carbocycles. The van der Waals surface area contributed by atoms with E-state index in [1.165, 1.54) is 43.2 Å². The molecule has 1 nitrogen and oxygen atoms in total. The summed E-state index contributed by atoms with van der Waals surface area (Å²) in [7, 11) is 0. The maximum Gasteiger partial charge on any atom is 0.0302 e. The van der Waals surface area contributed by atoms with E-state index >= 15 is 0 Å². The Hall–Kier alpha value is -0.850. The van der Waals surface area contributed by atoms with E-state index in [0.717, 1.165) is 11.8 Å². The van der Waals surface area contributed by atoms with E-state index < -0.39 is 0 Å². The van der Waals surface area contributed by atoms with Gasteiger partial charge in [0, 0.05) is 12.4 Å². The average Bonchev–Trinajstić information content (AvgIpc) is 2.83. The van der Waals surface area contributed by atoms with Crippen molar-refractivity contribution in [2.45, 2.75) is 43.9 Å². The summed E-state index contributed by atoms with van der Waals surface area (Å²) in [5.74, 6) is 1.69. The molecular weight excluding hydrogens is 158 g/mol. The molecule has 1 heteroatoms. The predicted molar refractivity (Wildman–Crippen MR) is 52.8 cm³/mol. The van der Waals surface area contributed by atoms with Gasteiger partial charge in [-0.3, -0.25) is 4.98 Å². The first-order valence-corrected chi connectivity index (χ1v) is 5.38. The number of nitrogens with zero attached hydrogens (tertiary/aromatic N) is 1. The SMILES string of the molecule is c1ncc(C2CC2)cc1C1CCC1. The third kappa shape index (κ3) is 1.37. The van der Waals surface area contributed by atoms with Gasteiger partial charge in [0.1, 0.15) is 0 Å². The highest BCUT2D eigenvalue weighted by Gasteiger charge is 2.26. The molecule has 2 aliphatic rings. The summed E-state index contributed by atoms with van der Waals surface area (Å²) >= 11 is 0. The van der Waals surface area contributed by atoms with Crippen LogP contribution in [0.3, 0.4) is 0 Å². The third-order valence-corrected chi connectivity index (χ3v) is 3.41. The molecule has 0 bridgehead atoms. The van der Waals surface area contributed by atoms with Gasteiger partial charge in [-0.2, -0.15) is 0 Å². The van der Waals surface area contributed by atoms with Crippen LogP contribution in [0.5, 0.6) is 0 Å². The number of hydrogen-bond donors (Lipinski definition) is 0. The van der Waals surface area contributed by atoms with Crippen molar-refractivity contribution in [3.05, 3.63) is 29.6 Å². The standard InChI is InChI=1S/C12H15N/c1-2-9(3-1)11-6-12(8-13-7-11)10-4-5-10/h6-10H,1-5H2. The van der Waals surface area contributed by atoms with Gasteiger partial charge >= 0.3 is 0 Å². The Morgan fingerprint density at radius 1 is 0.923 bits per heavy atom. The third-order valence-electron chi connectivity index (χ3n) is 3.41. The molecule has 0 saturated heterocycles. The minimum atomic E-state index is 0.839. The molecule has 0 aliphatic heterocycles. The molecule has 13 heavy (non-hydrogen) atoms. The fourth-order valence-electron chi connectivity index (χ4n) is 2.08. The molecule has 0 radical (unpaired) electrons. The summed E-state index contributed by atoms with van der Waals surface area (Å²) in [5.41, 5.74) is 2.99. The Bertz CT molecular complexity index is 311. The van der Waals surface area contributed by atoms with Crippen LogP contribution in [0, 0.1) is 0 Å². The van der Waals surface area contributed by atoms with Crippen molar-refractivity contribution in [3.8, 4) is 0 Å². The second kappa shape index (κ2) is 2.83. The van der Waals surface area contributed by atoms with Crippen molar-refractivity contribution in [3.63, 3.8) is 0 Å². The number of hydrogen-bond acceptors (Lipinski definition) is 1. The zero-order valence-electron chi connectivity index (χ0n) is 7.87. The lowest BCUT2D eigenvalue weighted by atomic mass is 9.80. The summed E-state index contributed by atoms with van der Waals surface area (Å²) in [4.78, 5) is 4.35. The summed E-state index contributed by atoms with van der Waals surface area (Å²) in [6, 6.07) is 2.40. The molecule has 2 saturated carbocycles. The molecule has 1 heterocycles. The van der Waals surface area contributed by atoms with Crippen LogP contribution in [0.1, 0.15) is 55.1 Å². The van der Waals surface area contributed by atoms with Gasteiger partial charge < -0.3 is 0 Å². The largest absolute Gasteiger partial charge is 0.264 e. The van der Waals surface area contributed by atoms with Gasteiger partial charge in [-0.15, -0.1) is 0 Å². The van der Waals surface area contributed by atoms with Gasteiger partial charge in [0.25, 0.3) is 0 Å². The predicted octanol–water partition coefficient (Wildman–Crippen LogP) is 3.23. The van der Waals surface area contributed by atoms with E-state index in [4.69, 9.17) is 0 Å². The zero-order chi connectivity index (χ0) is 8.67. The van der Waals surface area contributed by atoms with Crippen molar-refractivity contribution < 1.29 is 0 Å². The Morgan fingerprint density at radius 3 is 2.00 bits per heavy atom. The second-order valence-corrected chi connectivity index (χ2v) is 4.45. The quantitative estimate of drug-likeness (QED) is 0.669. The maximum atomic E-state index is 4.35. The van der Waals surface area contributed by atoms with Crippen LogP contribution in [0.4, 0.5) is 0 Å². The number of pyridine rings is 1. The van der Waals surface area contributed by atoms with E-state index in [2.05, 4.69) is 23.4 Å². The zero-order valence-corrected chi connectivity index (χ0v) is 7.87. The molecule has 1 aromatic heterocycles. The van der Waals surface area contributed by atoms with Crippen LogP contribution < -0.4 is 0 Å². The van der Waals surface area contributed by atoms with Crippen LogP contribution in [-0.4, -0.2) is 4.98 Å². The van der Waals surface area contributed by atoms with Crippen LogP contribution >= 0.6 is 0 Å². The summed E-state index contributed by atoms with van der Waals surface area (Å²) in [5, 5.41) is 0. The molecule has 0 N–H and O–H groups in total. The lowest BCUT2D eigenvalue weighted by molar-refractivity contribution is 0.418. The van der Waals surface area contributed by atoms with Crippen molar-refractivity contribution in [2.75, 3.05) is 0 Å². The highest BCUT2D eigenvalue weighted by molar-refractivity contribution is 5.28. The molecule has 3 rings (SSSR count). The minimum absolute atomic E-state index is 0.839. The van der Waals surface area contributed by atoms with Crippen LogP contribution in [0.25, 0.3) is 0 Å². The Morgan fingerprint density at radius 2 is 1.54 bits per heavy atom. The maximum absolute atomic E-state index is 4.35. The van der Waals surface area contributed by atoms with Gasteiger partial charge in [-0.25, -0.2) is 0 Å².